The van der Waals surface area contributed by atoms with Crippen LogP contribution in [-0.2, 0) is 4.57 Å². The number of hydrogen-bond acceptors (Lipinski definition) is 6. The topological polar surface area (TPSA) is 188 Å². The van der Waals surface area contributed by atoms with Gasteiger partial charge in [-0.2, -0.15) is 0 Å². The fraction of sp³-hybridized carbons (Fsp3) is 0. The SMILES string of the molecule is N.N.N.O=P([O-])([O-])O.[K+].[K+]. The molecule has 0 radical (unpaired) electrons. The summed E-state index contributed by atoms with van der Waals surface area (Å²) >= 11 is 0. The van der Waals surface area contributed by atoms with Crippen molar-refractivity contribution in [3.05, 3.63) is 0 Å². The van der Waals surface area contributed by atoms with Gasteiger partial charge in [0.15, 0.2) is 0 Å². The molecule has 10 N–H and O–H groups in total. The van der Waals surface area contributed by atoms with E-state index in [0.717, 1.165) is 0 Å². The number of phosphoric acid groups is 1. The second kappa shape index (κ2) is 18.1. The second-order valence-corrected chi connectivity index (χ2v) is 1.41. The van der Waals surface area contributed by atoms with Gasteiger partial charge in [0.25, 0.3) is 0 Å². The maximum atomic E-state index is 8.66. The summed E-state index contributed by atoms with van der Waals surface area (Å²) in [7, 11) is -5.14. The van der Waals surface area contributed by atoms with Crippen molar-refractivity contribution < 1.29 is 122 Å². The van der Waals surface area contributed by atoms with Crippen LogP contribution in [0.25, 0.3) is 0 Å². The molecule has 0 aliphatic heterocycles. The van der Waals surface area contributed by atoms with Crippen LogP contribution in [-0.4, -0.2) is 4.89 Å². The molecule has 0 heterocycles. The fourth-order valence-electron chi connectivity index (χ4n) is 0. The molecule has 0 fully saturated rings. The molecule has 0 amide bonds. The van der Waals surface area contributed by atoms with Gasteiger partial charge in [-0.25, -0.2) is 0 Å². The quantitative estimate of drug-likeness (QED) is 0.232. The number of rotatable bonds is 0. The normalized spacial score (nSPS) is 5.90. The first-order valence-electron chi connectivity index (χ1n) is 0.748. The van der Waals surface area contributed by atoms with E-state index in [-0.39, 0.29) is 121 Å². The standard InChI is InChI=1S/2K.3H3N.H3O4P/c;;;;;1-5(2,3)4/h;;3*1H3;(H3,1,2,3,4)/q2*+1;;;;/p-2. The van der Waals surface area contributed by atoms with Gasteiger partial charge in [-0.1, -0.05) is 0 Å². The molecule has 0 aliphatic rings. The van der Waals surface area contributed by atoms with Crippen LogP contribution in [0.3, 0.4) is 0 Å². The molecule has 0 aromatic heterocycles. The third kappa shape index (κ3) is 111. The summed E-state index contributed by atoms with van der Waals surface area (Å²) < 4.78 is 8.66. The van der Waals surface area contributed by atoms with Gasteiger partial charge in [-0.05, 0) is 0 Å². The van der Waals surface area contributed by atoms with Crippen molar-refractivity contribution >= 4 is 7.82 Å². The van der Waals surface area contributed by atoms with Crippen LogP contribution in [0.2, 0.25) is 0 Å². The number of hydrogen-bond donors (Lipinski definition) is 4. The van der Waals surface area contributed by atoms with Crippen LogP contribution in [0.1, 0.15) is 0 Å². The summed E-state index contributed by atoms with van der Waals surface area (Å²) in [6.07, 6.45) is 0. The fourth-order valence-corrected chi connectivity index (χ4v) is 0. The minimum Gasteiger partial charge on any atom is -0.790 e. The summed E-state index contributed by atoms with van der Waals surface area (Å²) in [6.45, 7) is 0. The third-order valence-corrected chi connectivity index (χ3v) is 0. The van der Waals surface area contributed by atoms with Gasteiger partial charge in [0.2, 0.25) is 0 Å². The Morgan fingerprint density at radius 2 is 1.00 bits per heavy atom. The maximum absolute atomic E-state index is 8.66. The van der Waals surface area contributed by atoms with Crippen LogP contribution < -0.4 is 131 Å². The van der Waals surface area contributed by atoms with Gasteiger partial charge in [-0.15, -0.1) is 0 Å². The zero-order valence-corrected chi connectivity index (χ0v) is 13.4. The predicted molar refractivity (Wildman–Crippen MR) is 24.9 cm³/mol. The molecule has 0 aliphatic carbocycles. The van der Waals surface area contributed by atoms with Crippen molar-refractivity contribution in [1.82, 2.24) is 18.5 Å². The Balaban J connectivity index is -0.00000000800. The van der Waals surface area contributed by atoms with Crippen molar-refractivity contribution in [2.45, 2.75) is 0 Å². The first kappa shape index (κ1) is 37.8. The molecule has 10 heteroatoms. The molecule has 0 aromatic carbocycles. The molecule has 0 saturated heterocycles. The van der Waals surface area contributed by atoms with E-state index < -0.39 is 7.82 Å². The Labute approximate surface area is 145 Å². The molecule has 7 nitrogen and oxygen atoms in total. The maximum Gasteiger partial charge on any atom is 1.00 e. The summed E-state index contributed by atoms with van der Waals surface area (Å²) in [5.74, 6) is 0. The summed E-state index contributed by atoms with van der Waals surface area (Å²) in [6, 6.07) is 0. The average molecular weight is 225 g/mol. The van der Waals surface area contributed by atoms with Crippen molar-refractivity contribution in [2.24, 2.45) is 0 Å². The monoisotopic (exact) mass is 225 g/mol. The van der Waals surface area contributed by atoms with Gasteiger partial charge in [0, 0.05) is 0 Å². The third-order valence-electron chi connectivity index (χ3n) is 0. The van der Waals surface area contributed by atoms with E-state index in [4.69, 9.17) is 19.2 Å². The van der Waals surface area contributed by atoms with Gasteiger partial charge in [0.05, 0.1) is 7.82 Å². The van der Waals surface area contributed by atoms with Gasteiger partial charge < -0.3 is 37.7 Å². The summed E-state index contributed by atoms with van der Waals surface area (Å²) in [5.41, 5.74) is 0. The van der Waals surface area contributed by atoms with Gasteiger partial charge >= 0.3 is 103 Å². The zero-order valence-electron chi connectivity index (χ0n) is 6.24. The molecule has 0 atom stereocenters. The molecule has 10 heavy (non-hydrogen) atoms. The average Bonchev–Trinajstić information content (AvgIpc) is 0.722. The van der Waals surface area contributed by atoms with E-state index in [0.29, 0.717) is 0 Å². The molecule has 0 rings (SSSR count). The van der Waals surface area contributed by atoms with Crippen LogP contribution in [0.4, 0.5) is 0 Å². The molecular formula is H10K2N3O4P. The molecule has 0 saturated carbocycles. The first-order valence-corrected chi connectivity index (χ1v) is 2.24. The largest absolute Gasteiger partial charge is 1.00 e. The van der Waals surface area contributed by atoms with E-state index >= 15 is 0 Å². The Kier molecular flexibility index (Phi) is 68.5. The molecule has 0 aromatic rings. The Bertz CT molecular complexity index is 64.6. The minimum absolute atomic E-state index is 0. The zero-order chi connectivity index (χ0) is 4.50. The van der Waals surface area contributed by atoms with Crippen molar-refractivity contribution in [2.75, 3.05) is 0 Å². The molecule has 0 unspecified atom stereocenters. The smallest absolute Gasteiger partial charge is 0.790 e. The van der Waals surface area contributed by atoms with Crippen molar-refractivity contribution in [3.8, 4) is 0 Å². The van der Waals surface area contributed by atoms with E-state index in [1.54, 1.807) is 0 Å². The summed E-state index contributed by atoms with van der Waals surface area (Å²) in [4.78, 5) is 24.3. The van der Waals surface area contributed by atoms with Crippen molar-refractivity contribution in [1.29, 1.82) is 0 Å². The first-order chi connectivity index (χ1) is 2.00. The van der Waals surface area contributed by atoms with E-state index in [1.807, 2.05) is 0 Å². The molecular weight excluding hydrogens is 215 g/mol. The van der Waals surface area contributed by atoms with Gasteiger partial charge in [0.1, 0.15) is 0 Å². The van der Waals surface area contributed by atoms with Crippen LogP contribution in [0.5, 0.6) is 0 Å². The molecule has 56 valence electrons. The van der Waals surface area contributed by atoms with Crippen LogP contribution in [0, 0.1) is 0 Å². The van der Waals surface area contributed by atoms with Crippen molar-refractivity contribution in [3.63, 3.8) is 0 Å². The van der Waals surface area contributed by atoms with Gasteiger partial charge in [-0.3, -0.25) is 0 Å². The Hall–Kier alpha value is 3.26. The van der Waals surface area contributed by atoms with E-state index in [1.165, 1.54) is 0 Å². The Morgan fingerprint density at radius 1 is 1.00 bits per heavy atom. The molecule has 0 bridgehead atoms. The summed E-state index contributed by atoms with van der Waals surface area (Å²) in [5, 5.41) is 0. The van der Waals surface area contributed by atoms with Crippen LogP contribution in [0.15, 0.2) is 0 Å². The minimum atomic E-state index is -5.14. The Morgan fingerprint density at radius 3 is 1.00 bits per heavy atom. The van der Waals surface area contributed by atoms with Crippen LogP contribution >= 0.6 is 7.82 Å². The predicted octanol–water partition coefficient (Wildman–Crippen LogP) is -7.70. The molecule has 0 spiro atoms. The second-order valence-electron chi connectivity index (χ2n) is 0.469. The van der Waals surface area contributed by atoms with E-state index in [9.17, 15) is 0 Å². The van der Waals surface area contributed by atoms with E-state index in [2.05, 4.69) is 0 Å².